The molecule has 0 aromatic carbocycles. The van der Waals surface area contributed by atoms with Crippen molar-refractivity contribution in [3.05, 3.63) is 23.0 Å². The van der Waals surface area contributed by atoms with Crippen LogP contribution in [0.1, 0.15) is 94.5 Å². The Morgan fingerprint density at radius 3 is 2.65 bits per heavy atom. The number of H-pyrrole nitrogens is 1. The Bertz CT molecular complexity index is 993. The van der Waals surface area contributed by atoms with Gasteiger partial charge in [0.1, 0.15) is 11.9 Å². The molecule has 2 aromatic rings. The van der Waals surface area contributed by atoms with Gasteiger partial charge in [0.15, 0.2) is 5.82 Å². The minimum atomic E-state index is -0.169. The van der Waals surface area contributed by atoms with Crippen LogP contribution in [0.25, 0.3) is 0 Å². The fourth-order valence-electron chi connectivity index (χ4n) is 5.97. The number of nitrogens with zero attached hydrogens (tertiary/aromatic N) is 5. The van der Waals surface area contributed by atoms with Gasteiger partial charge in [0.25, 0.3) is 0 Å². The lowest BCUT2D eigenvalue weighted by atomic mass is 9.87. The number of nitrogens with one attached hydrogen (secondary N) is 2. The number of carbonyl (C=O) groups is 1. The average Bonchev–Trinajstić information content (AvgIpc) is 3.55. The average molecular weight is 466 g/mol. The Morgan fingerprint density at radius 2 is 1.85 bits per heavy atom. The van der Waals surface area contributed by atoms with Gasteiger partial charge in [-0.25, -0.2) is 4.98 Å². The molecular formula is C26H39N7O. The number of likely N-dealkylation sites (N-methyl/N-ethyl adjacent to an activating group) is 1. The molecule has 8 heteroatoms. The van der Waals surface area contributed by atoms with Gasteiger partial charge in [-0.05, 0) is 65.2 Å². The molecule has 2 aromatic heterocycles. The molecule has 1 amide bonds. The van der Waals surface area contributed by atoms with E-state index in [0.29, 0.717) is 11.9 Å². The smallest absolute Gasteiger partial charge is 0.245 e. The second kappa shape index (κ2) is 10.3. The SMILES string of the molecule is CCN(CC)C(=O)[C@H]1CCCN1c1nc2c(c(Nc3cc(C4CCCCC4)[nH]n3)n1)CCCC2. The largest absolute Gasteiger partial charge is 0.341 e. The van der Waals surface area contributed by atoms with E-state index in [1.165, 1.54) is 43.4 Å². The van der Waals surface area contributed by atoms with Crippen LogP contribution in [0.4, 0.5) is 17.6 Å². The maximum Gasteiger partial charge on any atom is 0.245 e. The van der Waals surface area contributed by atoms with E-state index in [1.54, 1.807) is 0 Å². The third-order valence-corrected chi connectivity index (χ3v) is 7.93. The minimum absolute atomic E-state index is 0.169. The van der Waals surface area contributed by atoms with Crippen LogP contribution >= 0.6 is 0 Å². The van der Waals surface area contributed by atoms with Crippen LogP contribution in [0, 0.1) is 0 Å². The highest BCUT2D eigenvalue weighted by molar-refractivity contribution is 5.85. The molecule has 3 heterocycles. The van der Waals surface area contributed by atoms with Crippen LogP contribution < -0.4 is 10.2 Å². The van der Waals surface area contributed by atoms with Gasteiger partial charge in [0.05, 0.1) is 5.69 Å². The number of anilines is 3. The monoisotopic (exact) mass is 465 g/mol. The number of carbonyl (C=O) groups excluding carboxylic acids is 1. The third-order valence-electron chi connectivity index (χ3n) is 7.93. The van der Waals surface area contributed by atoms with Crippen molar-refractivity contribution in [3.8, 4) is 0 Å². The molecule has 2 aliphatic carbocycles. The molecule has 184 valence electrons. The van der Waals surface area contributed by atoms with Crippen LogP contribution in [0.2, 0.25) is 0 Å². The van der Waals surface area contributed by atoms with Crippen molar-refractivity contribution in [3.63, 3.8) is 0 Å². The van der Waals surface area contributed by atoms with Gasteiger partial charge < -0.3 is 15.1 Å². The van der Waals surface area contributed by atoms with Crippen LogP contribution in [0.3, 0.4) is 0 Å². The third kappa shape index (κ3) is 4.64. The van der Waals surface area contributed by atoms with Gasteiger partial charge >= 0.3 is 0 Å². The molecule has 0 bridgehead atoms. The first-order valence-electron chi connectivity index (χ1n) is 13.5. The second-order valence-electron chi connectivity index (χ2n) is 10.0. The Morgan fingerprint density at radius 1 is 1.06 bits per heavy atom. The van der Waals surface area contributed by atoms with Crippen LogP contribution in [0.15, 0.2) is 6.07 Å². The number of aromatic amines is 1. The number of hydrogen-bond acceptors (Lipinski definition) is 6. The molecule has 1 aliphatic heterocycles. The summed E-state index contributed by atoms with van der Waals surface area (Å²) in [4.78, 5) is 27.3. The zero-order valence-corrected chi connectivity index (χ0v) is 20.8. The Labute approximate surface area is 202 Å². The lowest BCUT2D eigenvalue weighted by Crippen LogP contribution is -2.46. The van der Waals surface area contributed by atoms with E-state index < -0.39 is 0 Å². The summed E-state index contributed by atoms with van der Waals surface area (Å²) in [5.74, 6) is 3.16. The van der Waals surface area contributed by atoms with Crippen molar-refractivity contribution in [2.24, 2.45) is 0 Å². The standard InChI is InChI=1S/C26H39N7O/c1-3-32(4-2)25(34)22-15-10-16-33(22)26-27-20-14-9-8-13-19(20)24(29-26)28-23-17-21(30-31-23)18-11-6-5-7-12-18/h17-18,22H,3-16H2,1-2H3,(H2,27,28,29,30,31)/t22-/m1/s1. The summed E-state index contributed by atoms with van der Waals surface area (Å²) < 4.78 is 0. The zero-order valence-electron chi connectivity index (χ0n) is 20.8. The summed E-state index contributed by atoms with van der Waals surface area (Å²) in [6.07, 6.45) is 12.6. The molecule has 1 atom stereocenters. The summed E-state index contributed by atoms with van der Waals surface area (Å²) in [7, 11) is 0. The number of amides is 1. The molecular weight excluding hydrogens is 426 g/mol. The highest BCUT2D eigenvalue weighted by atomic mass is 16.2. The molecule has 8 nitrogen and oxygen atoms in total. The maximum atomic E-state index is 13.2. The van der Waals surface area contributed by atoms with E-state index in [2.05, 4.69) is 26.5 Å². The van der Waals surface area contributed by atoms with Gasteiger partial charge in [-0.3, -0.25) is 9.89 Å². The number of hydrogen-bond donors (Lipinski definition) is 2. The number of fused-ring (bicyclic) bond motifs is 1. The lowest BCUT2D eigenvalue weighted by Gasteiger charge is -2.30. The topological polar surface area (TPSA) is 90.0 Å². The highest BCUT2D eigenvalue weighted by Gasteiger charge is 2.35. The summed E-state index contributed by atoms with van der Waals surface area (Å²) in [5.41, 5.74) is 3.57. The lowest BCUT2D eigenvalue weighted by molar-refractivity contribution is -0.132. The first-order chi connectivity index (χ1) is 16.7. The second-order valence-corrected chi connectivity index (χ2v) is 10.0. The minimum Gasteiger partial charge on any atom is -0.341 e. The quantitative estimate of drug-likeness (QED) is 0.616. The molecule has 0 unspecified atom stereocenters. The van der Waals surface area contributed by atoms with Crippen molar-refractivity contribution in [1.82, 2.24) is 25.1 Å². The van der Waals surface area contributed by atoms with Gasteiger partial charge in [0.2, 0.25) is 11.9 Å². The van der Waals surface area contributed by atoms with Crippen molar-refractivity contribution in [1.29, 1.82) is 0 Å². The van der Waals surface area contributed by atoms with E-state index >= 15 is 0 Å². The van der Waals surface area contributed by atoms with E-state index in [9.17, 15) is 4.79 Å². The Hall–Kier alpha value is -2.64. The molecule has 3 aliphatic rings. The van der Waals surface area contributed by atoms with Gasteiger partial charge in [-0.2, -0.15) is 10.1 Å². The fraction of sp³-hybridized carbons (Fsp3) is 0.692. The summed E-state index contributed by atoms with van der Waals surface area (Å²) in [5, 5.41) is 11.4. The molecule has 1 saturated carbocycles. The van der Waals surface area contributed by atoms with Crippen LogP contribution in [0.5, 0.6) is 0 Å². The van der Waals surface area contributed by atoms with Crippen molar-refractivity contribution < 1.29 is 4.79 Å². The Kier molecular flexibility index (Phi) is 7.02. The normalized spacial score (nSPS) is 20.9. The number of aryl methyl sites for hydroxylation is 1. The van der Waals surface area contributed by atoms with Crippen LogP contribution in [-0.4, -0.2) is 56.6 Å². The summed E-state index contributed by atoms with van der Waals surface area (Å²) >= 11 is 0. The number of aromatic nitrogens is 4. The molecule has 2 N–H and O–H groups in total. The van der Waals surface area contributed by atoms with E-state index in [-0.39, 0.29) is 11.9 Å². The van der Waals surface area contributed by atoms with Gasteiger partial charge in [-0.1, -0.05) is 19.3 Å². The van der Waals surface area contributed by atoms with Gasteiger partial charge in [-0.15, -0.1) is 0 Å². The Balaban J connectivity index is 1.42. The van der Waals surface area contributed by atoms with Crippen LogP contribution in [-0.2, 0) is 17.6 Å². The predicted octanol–water partition coefficient (Wildman–Crippen LogP) is 4.71. The maximum absolute atomic E-state index is 13.2. The fourth-order valence-corrected chi connectivity index (χ4v) is 5.97. The van der Waals surface area contributed by atoms with E-state index in [0.717, 1.165) is 75.5 Å². The molecule has 5 rings (SSSR count). The zero-order chi connectivity index (χ0) is 23.5. The molecule has 0 spiro atoms. The van der Waals surface area contributed by atoms with E-state index in [4.69, 9.17) is 9.97 Å². The number of rotatable bonds is 7. The van der Waals surface area contributed by atoms with E-state index in [1.807, 2.05) is 18.7 Å². The summed E-state index contributed by atoms with van der Waals surface area (Å²) in [6.45, 7) is 6.39. The predicted molar refractivity (Wildman–Crippen MR) is 135 cm³/mol. The highest BCUT2D eigenvalue weighted by Crippen LogP contribution is 2.35. The molecule has 2 fully saturated rings. The van der Waals surface area contributed by atoms with Crippen molar-refractivity contribution in [2.45, 2.75) is 96.4 Å². The van der Waals surface area contributed by atoms with Crippen molar-refractivity contribution >= 4 is 23.5 Å². The van der Waals surface area contributed by atoms with Crippen molar-refractivity contribution in [2.75, 3.05) is 29.9 Å². The first-order valence-corrected chi connectivity index (χ1v) is 13.5. The molecule has 1 saturated heterocycles. The molecule has 34 heavy (non-hydrogen) atoms. The summed E-state index contributed by atoms with van der Waals surface area (Å²) in [6, 6.07) is 1.99. The first kappa shape index (κ1) is 23.1. The van der Waals surface area contributed by atoms with Gasteiger partial charge in [0, 0.05) is 42.9 Å². The molecule has 0 radical (unpaired) electrons.